The molecule has 0 saturated carbocycles. The smallest absolute Gasteiger partial charge is 0.320 e. The summed E-state index contributed by atoms with van der Waals surface area (Å²) in [5.74, 6) is -1.21. The summed E-state index contributed by atoms with van der Waals surface area (Å²) in [5, 5.41) is 8.71. The van der Waals surface area contributed by atoms with Crippen molar-refractivity contribution in [3.63, 3.8) is 0 Å². The van der Waals surface area contributed by atoms with Crippen molar-refractivity contribution in [2.75, 3.05) is 32.8 Å². The molecule has 0 bridgehead atoms. The van der Waals surface area contributed by atoms with E-state index in [1.54, 1.807) is 9.80 Å². The summed E-state index contributed by atoms with van der Waals surface area (Å²) >= 11 is 0. The van der Waals surface area contributed by atoms with Gasteiger partial charge in [0.25, 0.3) is 0 Å². The summed E-state index contributed by atoms with van der Waals surface area (Å²) in [4.78, 5) is 25.8. The minimum atomic E-state index is -0.820. The third-order valence-corrected chi connectivity index (χ3v) is 3.01. The highest BCUT2D eigenvalue weighted by molar-refractivity contribution is 5.79. The molecule has 2 aliphatic heterocycles. The minimum absolute atomic E-state index is 0.0624. The van der Waals surface area contributed by atoms with Crippen molar-refractivity contribution < 1.29 is 19.4 Å². The lowest BCUT2D eigenvalue weighted by molar-refractivity contribution is -0.146. The summed E-state index contributed by atoms with van der Waals surface area (Å²) in [6, 6.07) is -0.0624. The Kier molecular flexibility index (Phi) is 3.00. The third kappa shape index (κ3) is 2.11. The predicted molar refractivity (Wildman–Crippen MR) is 55.1 cm³/mol. The molecule has 2 amide bonds. The van der Waals surface area contributed by atoms with E-state index < -0.39 is 5.97 Å². The van der Waals surface area contributed by atoms with Crippen LogP contribution >= 0.6 is 0 Å². The van der Waals surface area contributed by atoms with Gasteiger partial charge in [0.1, 0.15) is 0 Å². The number of hydrogen-bond acceptors (Lipinski definition) is 3. The van der Waals surface area contributed by atoms with Crippen LogP contribution in [0, 0.1) is 5.92 Å². The van der Waals surface area contributed by atoms with Crippen molar-refractivity contribution in [1.82, 2.24) is 9.80 Å². The lowest BCUT2D eigenvalue weighted by Crippen LogP contribution is -2.59. The number of urea groups is 1. The van der Waals surface area contributed by atoms with E-state index in [9.17, 15) is 9.59 Å². The Balaban J connectivity index is 1.82. The monoisotopic (exact) mass is 228 g/mol. The molecule has 2 heterocycles. The number of carboxylic acid groups (broad SMARTS) is 1. The Morgan fingerprint density at radius 3 is 2.50 bits per heavy atom. The van der Waals surface area contributed by atoms with Crippen LogP contribution in [0.5, 0.6) is 0 Å². The van der Waals surface area contributed by atoms with Gasteiger partial charge in [0, 0.05) is 26.2 Å². The van der Waals surface area contributed by atoms with Gasteiger partial charge in [0.15, 0.2) is 0 Å². The van der Waals surface area contributed by atoms with Crippen LogP contribution in [0.15, 0.2) is 0 Å². The molecule has 1 unspecified atom stereocenters. The van der Waals surface area contributed by atoms with Gasteiger partial charge in [-0.2, -0.15) is 0 Å². The third-order valence-electron chi connectivity index (χ3n) is 3.01. The van der Waals surface area contributed by atoms with Crippen molar-refractivity contribution in [2.45, 2.75) is 13.0 Å². The number of aliphatic carboxylic acids is 1. The number of ether oxygens (including phenoxy) is 1. The quantitative estimate of drug-likeness (QED) is 0.677. The molecule has 0 aromatic heterocycles. The number of morpholine rings is 1. The summed E-state index contributed by atoms with van der Waals surface area (Å²) in [5.41, 5.74) is 0. The molecule has 16 heavy (non-hydrogen) atoms. The highest BCUT2D eigenvalue weighted by Gasteiger charge is 2.38. The molecule has 1 atom stereocenters. The standard InChI is InChI=1S/C10H16N2O4/c1-7-4-11(2-3-16-7)10(15)12-5-8(6-12)9(13)14/h7-8H,2-6H2,1H3,(H,13,14). The van der Waals surface area contributed by atoms with Crippen molar-refractivity contribution in [3.8, 4) is 0 Å². The molecule has 0 aliphatic carbocycles. The Hall–Kier alpha value is -1.30. The van der Waals surface area contributed by atoms with Gasteiger partial charge in [-0.15, -0.1) is 0 Å². The van der Waals surface area contributed by atoms with E-state index in [-0.39, 0.29) is 18.1 Å². The number of amides is 2. The number of carboxylic acids is 1. The fraction of sp³-hybridized carbons (Fsp3) is 0.800. The maximum atomic E-state index is 11.9. The van der Waals surface area contributed by atoms with Crippen molar-refractivity contribution in [3.05, 3.63) is 0 Å². The zero-order valence-corrected chi connectivity index (χ0v) is 9.26. The average molecular weight is 228 g/mol. The van der Waals surface area contributed by atoms with Gasteiger partial charge in [-0.1, -0.05) is 0 Å². The first-order chi connectivity index (χ1) is 7.58. The fourth-order valence-corrected chi connectivity index (χ4v) is 1.98. The largest absolute Gasteiger partial charge is 0.481 e. The Morgan fingerprint density at radius 1 is 1.25 bits per heavy atom. The summed E-state index contributed by atoms with van der Waals surface area (Å²) in [7, 11) is 0. The van der Waals surface area contributed by atoms with Gasteiger partial charge < -0.3 is 19.6 Å². The molecule has 90 valence electrons. The van der Waals surface area contributed by atoms with Crippen LogP contribution in [0.2, 0.25) is 0 Å². The highest BCUT2D eigenvalue weighted by atomic mass is 16.5. The number of carbonyl (C=O) groups excluding carboxylic acids is 1. The van der Waals surface area contributed by atoms with E-state index in [0.717, 1.165) is 0 Å². The van der Waals surface area contributed by atoms with Crippen molar-refractivity contribution >= 4 is 12.0 Å². The van der Waals surface area contributed by atoms with Gasteiger partial charge in [-0.25, -0.2) is 4.79 Å². The lowest BCUT2D eigenvalue weighted by Gasteiger charge is -2.41. The second-order valence-corrected chi connectivity index (χ2v) is 4.35. The van der Waals surface area contributed by atoms with Crippen LogP contribution in [-0.2, 0) is 9.53 Å². The van der Waals surface area contributed by atoms with E-state index in [4.69, 9.17) is 9.84 Å². The Labute approximate surface area is 93.8 Å². The molecule has 0 radical (unpaired) electrons. The van der Waals surface area contributed by atoms with Crippen LogP contribution in [-0.4, -0.2) is 65.8 Å². The topological polar surface area (TPSA) is 70.1 Å². The first-order valence-electron chi connectivity index (χ1n) is 5.46. The molecule has 2 aliphatic rings. The van der Waals surface area contributed by atoms with E-state index in [1.807, 2.05) is 6.92 Å². The molecule has 2 rings (SSSR count). The van der Waals surface area contributed by atoms with E-state index in [0.29, 0.717) is 32.8 Å². The van der Waals surface area contributed by atoms with Crippen LogP contribution in [0.1, 0.15) is 6.92 Å². The van der Waals surface area contributed by atoms with E-state index >= 15 is 0 Å². The van der Waals surface area contributed by atoms with Gasteiger partial charge in [0.2, 0.25) is 0 Å². The first kappa shape index (κ1) is 11.2. The van der Waals surface area contributed by atoms with Crippen LogP contribution in [0.25, 0.3) is 0 Å². The number of rotatable bonds is 1. The van der Waals surface area contributed by atoms with Crippen LogP contribution in [0.4, 0.5) is 4.79 Å². The summed E-state index contributed by atoms with van der Waals surface area (Å²) < 4.78 is 5.34. The molecule has 1 N–H and O–H groups in total. The number of likely N-dealkylation sites (tertiary alicyclic amines) is 1. The maximum Gasteiger partial charge on any atom is 0.320 e. The fourth-order valence-electron chi connectivity index (χ4n) is 1.98. The number of hydrogen-bond donors (Lipinski definition) is 1. The second kappa shape index (κ2) is 4.29. The molecule has 0 spiro atoms. The zero-order valence-electron chi connectivity index (χ0n) is 9.26. The lowest BCUT2D eigenvalue weighted by atomic mass is 10.0. The van der Waals surface area contributed by atoms with Gasteiger partial charge in [-0.05, 0) is 6.92 Å². The zero-order chi connectivity index (χ0) is 11.7. The van der Waals surface area contributed by atoms with E-state index in [1.165, 1.54) is 0 Å². The second-order valence-electron chi connectivity index (χ2n) is 4.35. The summed E-state index contributed by atoms with van der Waals surface area (Å²) in [6.07, 6.45) is 0.0641. The van der Waals surface area contributed by atoms with Crippen molar-refractivity contribution in [1.29, 1.82) is 0 Å². The molecule has 2 fully saturated rings. The first-order valence-corrected chi connectivity index (χ1v) is 5.46. The average Bonchev–Trinajstić information content (AvgIpc) is 2.14. The molecule has 6 heteroatoms. The van der Waals surface area contributed by atoms with Crippen LogP contribution < -0.4 is 0 Å². The number of nitrogens with zero attached hydrogens (tertiary/aromatic N) is 2. The summed E-state index contributed by atoms with van der Waals surface area (Å²) in [6.45, 7) is 4.34. The van der Waals surface area contributed by atoms with Gasteiger partial charge in [-0.3, -0.25) is 4.79 Å². The van der Waals surface area contributed by atoms with Gasteiger partial charge >= 0.3 is 12.0 Å². The van der Waals surface area contributed by atoms with E-state index in [2.05, 4.69) is 0 Å². The molecular weight excluding hydrogens is 212 g/mol. The molecular formula is C10H16N2O4. The predicted octanol–water partition coefficient (Wildman–Crippen LogP) is -0.156. The SMILES string of the molecule is CC1CN(C(=O)N2CC(C(=O)O)C2)CCO1. The van der Waals surface area contributed by atoms with Crippen LogP contribution in [0.3, 0.4) is 0 Å². The highest BCUT2D eigenvalue weighted by Crippen LogP contribution is 2.18. The molecule has 2 saturated heterocycles. The minimum Gasteiger partial charge on any atom is -0.481 e. The molecule has 0 aromatic rings. The molecule has 0 aromatic carbocycles. The number of carbonyl (C=O) groups is 2. The maximum absolute atomic E-state index is 11.9. The van der Waals surface area contributed by atoms with Gasteiger partial charge in [0.05, 0.1) is 18.6 Å². The molecule has 6 nitrogen and oxygen atoms in total. The Morgan fingerprint density at radius 2 is 1.94 bits per heavy atom. The Bertz CT molecular complexity index is 301. The normalized spacial score (nSPS) is 26.4. The van der Waals surface area contributed by atoms with Crippen molar-refractivity contribution in [2.24, 2.45) is 5.92 Å².